The maximum absolute atomic E-state index is 12.4. The molecule has 1 aromatic carbocycles. The molecule has 1 atom stereocenters. The fourth-order valence-electron chi connectivity index (χ4n) is 1.22. The van der Waals surface area contributed by atoms with Gasteiger partial charge in [0.25, 0.3) is 0 Å². The van der Waals surface area contributed by atoms with Crippen LogP contribution in [0, 0.1) is 0 Å². The highest BCUT2D eigenvalue weighted by Crippen LogP contribution is 2.34. The van der Waals surface area contributed by atoms with Gasteiger partial charge in [-0.15, -0.1) is 0 Å². The highest BCUT2D eigenvalue weighted by molar-refractivity contribution is 5.72. The second-order valence-electron chi connectivity index (χ2n) is 3.28. The van der Waals surface area contributed by atoms with Crippen molar-refractivity contribution in [2.24, 2.45) is 0 Å². The minimum atomic E-state index is -4.32. The van der Waals surface area contributed by atoms with E-state index in [9.17, 15) is 13.2 Å². The third-order valence-electron chi connectivity index (χ3n) is 2.17. The van der Waals surface area contributed by atoms with Crippen LogP contribution in [0.4, 0.5) is 13.2 Å². The van der Waals surface area contributed by atoms with Crippen LogP contribution in [0.2, 0.25) is 0 Å². The van der Waals surface area contributed by atoms with E-state index in [2.05, 4.69) is 4.98 Å². The molecule has 2 rings (SSSR count). The summed E-state index contributed by atoms with van der Waals surface area (Å²) in [5.41, 5.74) is 0.826. The van der Waals surface area contributed by atoms with E-state index >= 15 is 0 Å². The Morgan fingerprint density at radius 2 is 1.93 bits per heavy atom. The van der Waals surface area contributed by atoms with Gasteiger partial charge in [0, 0.05) is 0 Å². The summed E-state index contributed by atoms with van der Waals surface area (Å²) in [4.78, 5) is 3.79. The van der Waals surface area contributed by atoms with E-state index < -0.39 is 12.1 Å². The molecule has 2 aromatic rings. The number of hydrogen-bond donors (Lipinski definition) is 0. The van der Waals surface area contributed by atoms with Crippen molar-refractivity contribution < 1.29 is 17.6 Å². The van der Waals surface area contributed by atoms with Crippen molar-refractivity contribution >= 4 is 11.1 Å². The third-order valence-corrected chi connectivity index (χ3v) is 2.17. The summed E-state index contributed by atoms with van der Waals surface area (Å²) < 4.78 is 42.1. The number of rotatable bonds is 1. The van der Waals surface area contributed by atoms with E-state index in [0.29, 0.717) is 11.1 Å². The Balaban J connectivity index is 2.45. The molecule has 0 radical (unpaired) electrons. The van der Waals surface area contributed by atoms with Crippen LogP contribution in [0.15, 0.2) is 28.7 Å². The van der Waals surface area contributed by atoms with Crippen LogP contribution in [0.3, 0.4) is 0 Å². The van der Waals surface area contributed by atoms with Crippen molar-refractivity contribution in [1.82, 2.24) is 4.98 Å². The van der Waals surface area contributed by atoms with Crippen molar-refractivity contribution in [3.05, 3.63) is 30.2 Å². The largest absolute Gasteiger partial charge is 0.440 e. The summed E-state index contributed by atoms with van der Waals surface area (Å²) in [6.07, 6.45) is -4.32. The van der Waals surface area contributed by atoms with Gasteiger partial charge >= 0.3 is 6.18 Å². The zero-order chi connectivity index (χ0) is 11.1. The highest BCUT2D eigenvalue weighted by atomic mass is 19.4. The first-order chi connectivity index (χ1) is 6.98. The quantitative estimate of drug-likeness (QED) is 0.727. The Bertz CT molecular complexity index is 442. The number of alkyl halides is 3. The zero-order valence-electron chi connectivity index (χ0n) is 7.88. The number of para-hydroxylation sites is 2. The average Bonchev–Trinajstić information content (AvgIpc) is 2.58. The molecule has 0 bridgehead atoms. The first kappa shape index (κ1) is 10.0. The topological polar surface area (TPSA) is 26.0 Å². The summed E-state index contributed by atoms with van der Waals surface area (Å²) >= 11 is 0. The lowest BCUT2D eigenvalue weighted by Gasteiger charge is -2.10. The molecule has 1 heterocycles. The second-order valence-corrected chi connectivity index (χ2v) is 3.28. The minimum absolute atomic E-state index is 0.288. The average molecular weight is 215 g/mol. The fraction of sp³-hybridized carbons (Fsp3) is 0.300. The van der Waals surface area contributed by atoms with Crippen LogP contribution < -0.4 is 0 Å². The first-order valence-electron chi connectivity index (χ1n) is 4.40. The SMILES string of the molecule is CC(c1nc2ccccc2o1)C(F)(F)F. The third kappa shape index (κ3) is 1.82. The molecule has 0 spiro atoms. The molecule has 0 saturated carbocycles. The number of nitrogens with zero attached hydrogens (tertiary/aromatic N) is 1. The Hall–Kier alpha value is -1.52. The predicted molar refractivity (Wildman–Crippen MR) is 48.5 cm³/mol. The van der Waals surface area contributed by atoms with Gasteiger partial charge in [-0.3, -0.25) is 0 Å². The molecule has 1 aromatic heterocycles. The van der Waals surface area contributed by atoms with E-state index in [1.165, 1.54) is 0 Å². The van der Waals surface area contributed by atoms with Crippen LogP contribution in [0.25, 0.3) is 11.1 Å². The van der Waals surface area contributed by atoms with Gasteiger partial charge in [-0.25, -0.2) is 4.98 Å². The van der Waals surface area contributed by atoms with Gasteiger partial charge in [0.05, 0.1) is 0 Å². The fourth-order valence-corrected chi connectivity index (χ4v) is 1.22. The lowest BCUT2D eigenvalue weighted by atomic mass is 10.2. The van der Waals surface area contributed by atoms with Gasteiger partial charge in [0.2, 0.25) is 5.89 Å². The molecule has 0 amide bonds. The van der Waals surface area contributed by atoms with Crippen molar-refractivity contribution in [1.29, 1.82) is 0 Å². The molecule has 0 saturated heterocycles. The molecule has 0 fully saturated rings. The van der Waals surface area contributed by atoms with Gasteiger partial charge in [0.1, 0.15) is 11.4 Å². The van der Waals surface area contributed by atoms with Gasteiger partial charge in [0.15, 0.2) is 5.58 Å². The monoisotopic (exact) mass is 215 g/mol. The number of benzene rings is 1. The molecule has 15 heavy (non-hydrogen) atoms. The van der Waals surface area contributed by atoms with E-state index in [1.54, 1.807) is 24.3 Å². The van der Waals surface area contributed by atoms with Crippen LogP contribution in [0.5, 0.6) is 0 Å². The molecular weight excluding hydrogens is 207 g/mol. The van der Waals surface area contributed by atoms with E-state index in [0.717, 1.165) is 6.92 Å². The Morgan fingerprint density at radius 3 is 2.53 bits per heavy atom. The predicted octanol–water partition coefficient (Wildman–Crippen LogP) is 3.49. The molecular formula is C10H8F3NO. The van der Waals surface area contributed by atoms with Gasteiger partial charge in [-0.1, -0.05) is 12.1 Å². The van der Waals surface area contributed by atoms with Gasteiger partial charge < -0.3 is 4.42 Å². The summed E-state index contributed by atoms with van der Waals surface area (Å²) in [5, 5.41) is 0. The summed E-state index contributed by atoms with van der Waals surface area (Å²) in [6, 6.07) is 6.60. The maximum Gasteiger partial charge on any atom is 0.400 e. The number of fused-ring (bicyclic) bond motifs is 1. The minimum Gasteiger partial charge on any atom is -0.440 e. The molecule has 2 nitrogen and oxygen atoms in total. The van der Waals surface area contributed by atoms with Crippen molar-refractivity contribution in [2.45, 2.75) is 19.0 Å². The molecule has 5 heteroatoms. The van der Waals surface area contributed by atoms with Crippen molar-refractivity contribution in [2.75, 3.05) is 0 Å². The van der Waals surface area contributed by atoms with Crippen molar-refractivity contribution in [3.63, 3.8) is 0 Å². The Kier molecular flexibility index (Phi) is 2.17. The molecule has 0 aliphatic carbocycles. The second kappa shape index (κ2) is 3.25. The number of halogens is 3. The normalized spacial score (nSPS) is 14.4. The van der Waals surface area contributed by atoms with Crippen molar-refractivity contribution in [3.8, 4) is 0 Å². The lowest BCUT2D eigenvalue weighted by molar-refractivity contribution is -0.150. The standard InChI is InChI=1S/C10H8F3NO/c1-6(10(11,12)13)9-14-7-4-2-3-5-8(7)15-9/h2-6H,1H3. The first-order valence-corrected chi connectivity index (χ1v) is 4.40. The molecule has 1 unspecified atom stereocenters. The lowest BCUT2D eigenvalue weighted by Crippen LogP contribution is -2.17. The number of oxazole rings is 1. The smallest absolute Gasteiger partial charge is 0.400 e. The number of hydrogen-bond acceptors (Lipinski definition) is 2. The molecule has 0 N–H and O–H groups in total. The van der Waals surface area contributed by atoms with Gasteiger partial charge in [-0.05, 0) is 19.1 Å². The summed E-state index contributed by atoms with van der Waals surface area (Å²) in [7, 11) is 0. The molecule has 80 valence electrons. The summed E-state index contributed by atoms with van der Waals surface area (Å²) in [6.45, 7) is 1.03. The van der Waals surface area contributed by atoms with Crippen LogP contribution in [-0.2, 0) is 0 Å². The number of aromatic nitrogens is 1. The van der Waals surface area contributed by atoms with E-state index in [4.69, 9.17) is 4.42 Å². The van der Waals surface area contributed by atoms with Crippen LogP contribution >= 0.6 is 0 Å². The van der Waals surface area contributed by atoms with E-state index in [-0.39, 0.29) is 5.89 Å². The molecule has 0 aliphatic heterocycles. The summed E-state index contributed by atoms with van der Waals surface area (Å²) in [5.74, 6) is -1.96. The van der Waals surface area contributed by atoms with Crippen LogP contribution in [-0.4, -0.2) is 11.2 Å². The Morgan fingerprint density at radius 1 is 1.27 bits per heavy atom. The molecule has 0 aliphatic rings. The maximum atomic E-state index is 12.4. The van der Waals surface area contributed by atoms with E-state index in [1.807, 2.05) is 0 Å². The van der Waals surface area contributed by atoms with Crippen LogP contribution in [0.1, 0.15) is 18.7 Å². The van der Waals surface area contributed by atoms with Gasteiger partial charge in [-0.2, -0.15) is 13.2 Å². The zero-order valence-corrected chi connectivity index (χ0v) is 7.88. The highest BCUT2D eigenvalue weighted by Gasteiger charge is 2.40. The Labute approximate surface area is 83.7 Å².